The van der Waals surface area contributed by atoms with Gasteiger partial charge in [0.05, 0.1) is 10.6 Å². The van der Waals surface area contributed by atoms with Gasteiger partial charge in [0.2, 0.25) is 0 Å². The van der Waals surface area contributed by atoms with E-state index in [4.69, 9.17) is 0 Å². The van der Waals surface area contributed by atoms with E-state index in [9.17, 15) is 17.2 Å². The first-order valence-corrected chi connectivity index (χ1v) is 10.4. The Hall–Kier alpha value is -2.99. The van der Waals surface area contributed by atoms with Crippen LogP contribution in [0.3, 0.4) is 0 Å². The summed E-state index contributed by atoms with van der Waals surface area (Å²) in [5.74, 6) is -0.965. The number of aromatic nitrogens is 1. The molecule has 28 heavy (non-hydrogen) atoms. The summed E-state index contributed by atoms with van der Waals surface area (Å²) >= 11 is 0. The first-order chi connectivity index (χ1) is 13.4. The topological polar surface area (TPSA) is 39.1 Å². The molecule has 0 saturated heterocycles. The molecule has 0 atom stereocenters. The fourth-order valence-electron chi connectivity index (χ4n) is 3.30. The van der Waals surface area contributed by atoms with Gasteiger partial charge in [0.25, 0.3) is 0 Å². The van der Waals surface area contributed by atoms with Crippen molar-refractivity contribution in [2.75, 3.05) is 0 Å². The summed E-state index contributed by atoms with van der Waals surface area (Å²) in [4.78, 5) is 0.212. The highest BCUT2D eigenvalue weighted by atomic mass is 32.2. The lowest BCUT2D eigenvalue weighted by molar-refractivity contribution is 0.595. The standard InChI is InChI=1S/C22H17F2NO2S/c23-18-10-8-16(9-11-18)15-28(26,27)22-14-25(21-7-2-1-6-20(21)22)13-17-4-3-5-19(24)12-17/h1-12,14H,13,15H2. The van der Waals surface area contributed by atoms with Crippen LogP contribution in [0.25, 0.3) is 10.9 Å². The molecule has 0 bridgehead atoms. The number of sulfone groups is 1. The van der Waals surface area contributed by atoms with Crippen LogP contribution in [0, 0.1) is 11.6 Å². The molecule has 3 nitrogen and oxygen atoms in total. The van der Waals surface area contributed by atoms with Gasteiger partial charge in [0.15, 0.2) is 9.84 Å². The maximum atomic E-state index is 13.5. The van der Waals surface area contributed by atoms with Gasteiger partial charge in [-0.2, -0.15) is 0 Å². The van der Waals surface area contributed by atoms with E-state index in [2.05, 4.69) is 0 Å². The molecule has 0 aliphatic carbocycles. The predicted octanol–water partition coefficient (Wildman–Crippen LogP) is 4.94. The van der Waals surface area contributed by atoms with Gasteiger partial charge in [-0.1, -0.05) is 42.5 Å². The van der Waals surface area contributed by atoms with Crippen LogP contribution >= 0.6 is 0 Å². The second-order valence-corrected chi connectivity index (χ2v) is 8.61. The molecule has 0 N–H and O–H groups in total. The summed E-state index contributed by atoms with van der Waals surface area (Å²) in [6.07, 6.45) is 1.59. The molecule has 3 aromatic carbocycles. The molecule has 0 spiro atoms. The summed E-state index contributed by atoms with van der Waals surface area (Å²) in [5, 5.41) is 0.612. The summed E-state index contributed by atoms with van der Waals surface area (Å²) in [7, 11) is -3.65. The van der Waals surface area contributed by atoms with E-state index in [1.54, 1.807) is 30.5 Å². The lowest BCUT2D eigenvalue weighted by Gasteiger charge is -2.05. The van der Waals surface area contributed by atoms with Gasteiger partial charge in [0.1, 0.15) is 11.6 Å². The zero-order chi connectivity index (χ0) is 19.7. The maximum Gasteiger partial charge on any atom is 0.184 e. The van der Waals surface area contributed by atoms with E-state index in [1.807, 2.05) is 16.7 Å². The molecule has 0 aliphatic heterocycles. The van der Waals surface area contributed by atoms with E-state index < -0.39 is 15.7 Å². The van der Waals surface area contributed by atoms with Crippen molar-refractivity contribution in [2.24, 2.45) is 0 Å². The van der Waals surface area contributed by atoms with Crippen molar-refractivity contribution in [1.82, 2.24) is 4.57 Å². The van der Waals surface area contributed by atoms with Crippen LogP contribution in [0.4, 0.5) is 8.78 Å². The van der Waals surface area contributed by atoms with Crippen LogP contribution in [-0.2, 0) is 22.1 Å². The molecular formula is C22H17F2NO2S. The summed E-state index contributed by atoms with van der Waals surface area (Å²) in [6, 6.07) is 18.9. The van der Waals surface area contributed by atoms with Crippen LogP contribution in [0.2, 0.25) is 0 Å². The monoisotopic (exact) mass is 397 g/mol. The van der Waals surface area contributed by atoms with Crippen molar-refractivity contribution in [3.8, 4) is 0 Å². The second kappa shape index (κ2) is 7.20. The number of fused-ring (bicyclic) bond motifs is 1. The van der Waals surface area contributed by atoms with E-state index in [0.29, 0.717) is 17.5 Å². The molecule has 6 heteroatoms. The number of hydrogen-bond donors (Lipinski definition) is 0. The average molecular weight is 397 g/mol. The Bertz CT molecular complexity index is 1250. The zero-order valence-corrected chi connectivity index (χ0v) is 15.7. The highest BCUT2D eigenvalue weighted by Gasteiger charge is 2.22. The Labute approximate surface area is 161 Å². The normalized spacial score (nSPS) is 11.8. The van der Waals surface area contributed by atoms with Gasteiger partial charge in [-0.15, -0.1) is 0 Å². The molecule has 4 aromatic rings. The first-order valence-electron chi connectivity index (χ1n) is 8.72. The Kier molecular flexibility index (Phi) is 4.73. The van der Waals surface area contributed by atoms with Crippen LogP contribution in [-0.4, -0.2) is 13.0 Å². The molecular weight excluding hydrogens is 380 g/mol. The van der Waals surface area contributed by atoms with Gasteiger partial charge in [-0.05, 0) is 41.5 Å². The van der Waals surface area contributed by atoms with Crippen molar-refractivity contribution in [2.45, 2.75) is 17.2 Å². The molecule has 0 saturated carbocycles. The molecule has 0 aliphatic rings. The highest BCUT2D eigenvalue weighted by Crippen LogP contribution is 2.28. The van der Waals surface area contributed by atoms with Crippen LogP contribution < -0.4 is 0 Å². The van der Waals surface area contributed by atoms with Crippen molar-refractivity contribution in [3.63, 3.8) is 0 Å². The van der Waals surface area contributed by atoms with Gasteiger partial charge < -0.3 is 4.57 Å². The second-order valence-electron chi connectivity index (χ2n) is 6.65. The number of halogens is 2. The lowest BCUT2D eigenvalue weighted by atomic mass is 10.2. The molecule has 4 rings (SSSR count). The van der Waals surface area contributed by atoms with Crippen LogP contribution in [0.15, 0.2) is 83.9 Å². The summed E-state index contributed by atoms with van der Waals surface area (Å²) in [6.45, 7) is 0.352. The molecule has 1 aromatic heterocycles. The van der Waals surface area contributed by atoms with E-state index >= 15 is 0 Å². The molecule has 0 amide bonds. The fraction of sp³-hybridized carbons (Fsp3) is 0.0909. The molecule has 0 radical (unpaired) electrons. The van der Waals surface area contributed by atoms with Gasteiger partial charge >= 0.3 is 0 Å². The van der Waals surface area contributed by atoms with Crippen molar-refractivity contribution in [1.29, 1.82) is 0 Å². The number of hydrogen-bond acceptors (Lipinski definition) is 2. The number of para-hydroxylation sites is 1. The van der Waals surface area contributed by atoms with E-state index in [-0.39, 0.29) is 16.5 Å². The molecule has 0 fully saturated rings. The van der Waals surface area contributed by atoms with Crippen molar-refractivity contribution < 1.29 is 17.2 Å². The van der Waals surface area contributed by atoms with E-state index in [1.165, 1.54) is 36.4 Å². The zero-order valence-electron chi connectivity index (χ0n) is 14.8. The van der Waals surface area contributed by atoms with E-state index in [0.717, 1.165) is 11.1 Å². The van der Waals surface area contributed by atoms with Gasteiger partial charge in [0, 0.05) is 23.6 Å². The van der Waals surface area contributed by atoms with Crippen molar-refractivity contribution in [3.05, 3.63) is 102 Å². The van der Waals surface area contributed by atoms with Gasteiger partial charge in [-0.25, -0.2) is 17.2 Å². The Morgan fingerprint density at radius 3 is 2.29 bits per heavy atom. The minimum absolute atomic E-state index is 0.212. The largest absolute Gasteiger partial charge is 0.342 e. The number of benzene rings is 3. The average Bonchev–Trinajstić information content (AvgIpc) is 3.03. The highest BCUT2D eigenvalue weighted by molar-refractivity contribution is 7.90. The number of nitrogens with zero attached hydrogens (tertiary/aromatic N) is 1. The SMILES string of the molecule is O=S(=O)(Cc1ccc(F)cc1)c1cn(Cc2cccc(F)c2)c2ccccc12. The summed E-state index contributed by atoms with van der Waals surface area (Å²) < 4.78 is 54.5. The predicted molar refractivity (Wildman–Crippen MR) is 105 cm³/mol. The molecule has 0 unspecified atom stereocenters. The molecule has 142 valence electrons. The minimum atomic E-state index is -3.65. The smallest absolute Gasteiger partial charge is 0.184 e. The third-order valence-electron chi connectivity index (χ3n) is 4.60. The third-order valence-corrected chi connectivity index (χ3v) is 6.31. The Morgan fingerprint density at radius 1 is 0.786 bits per heavy atom. The Morgan fingerprint density at radius 2 is 1.54 bits per heavy atom. The Balaban J connectivity index is 1.76. The third kappa shape index (κ3) is 3.68. The maximum absolute atomic E-state index is 13.5. The summed E-state index contributed by atoms with van der Waals surface area (Å²) in [5.41, 5.74) is 2.01. The molecule has 1 heterocycles. The minimum Gasteiger partial charge on any atom is -0.342 e. The van der Waals surface area contributed by atoms with Crippen LogP contribution in [0.1, 0.15) is 11.1 Å². The quantitative estimate of drug-likeness (QED) is 0.478. The lowest BCUT2D eigenvalue weighted by Crippen LogP contribution is -2.05. The first kappa shape index (κ1) is 18.4. The fourth-order valence-corrected chi connectivity index (χ4v) is 4.88. The van der Waals surface area contributed by atoms with Gasteiger partial charge in [-0.3, -0.25) is 0 Å². The number of rotatable bonds is 5. The van der Waals surface area contributed by atoms with Crippen LogP contribution in [0.5, 0.6) is 0 Å². The van der Waals surface area contributed by atoms with Crippen molar-refractivity contribution >= 4 is 20.7 Å².